The number of benzene rings is 2. The average molecular weight is 438 g/mol. The number of hydrogen-bond donors (Lipinski definition) is 0. The van der Waals surface area contributed by atoms with Crippen molar-refractivity contribution in [1.29, 1.82) is 0 Å². The number of aromatic nitrogens is 1. The zero-order valence-electron chi connectivity index (χ0n) is 15.6. The minimum atomic E-state index is -3.62. The molecule has 148 valence electrons. The topological polar surface area (TPSA) is 62.7 Å². The largest absolute Gasteiger partial charge is 0.495 e. The van der Waals surface area contributed by atoms with E-state index in [0.29, 0.717) is 37.0 Å². The molecule has 4 rings (SSSR count). The van der Waals surface area contributed by atoms with E-state index in [0.717, 1.165) is 20.9 Å². The van der Waals surface area contributed by atoms with Crippen molar-refractivity contribution in [2.45, 2.75) is 11.8 Å². The van der Waals surface area contributed by atoms with Crippen LogP contribution in [0.15, 0.2) is 41.3 Å². The molecule has 0 atom stereocenters. The van der Waals surface area contributed by atoms with Crippen LogP contribution in [0.4, 0.5) is 5.13 Å². The number of aryl methyl sites for hydroxylation is 1. The van der Waals surface area contributed by atoms with Crippen molar-refractivity contribution >= 4 is 48.3 Å². The molecule has 1 fully saturated rings. The van der Waals surface area contributed by atoms with Gasteiger partial charge in [0, 0.05) is 31.2 Å². The third-order valence-electron chi connectivity index (χ3n) is 4.79. The normalized spacial score (nSPS) is 15.9. The first-order chi connectivity index (χ1) is 13.4. The van der Waals surface area contributed by atoms with Gasteiger partial charge >= 0.3 is 0 Å². The van der Waals surface area contributed by atoms with Crippen LogP contribution in [0.2, 0.25) is 5.02 Å². The fraction of sp³-hybridized carbons (Fsp3) is 0.316. The van der Waals surface area contributed by atoms with E-state index in [2.05, 4.69) is 9.88 Å². The standard InChI is InChI=1S/C19H20ClN3O3S2/c1-13-3-6-16(26-2)18(11-13)28(24,25)23-9-7-22(8-10-23)19-21-15-5-4-14(20)12-17(15)27-19/h3-6,11-12H,7-10H2,1-2H3. The molecule has 0 unspecified atom stereocenters. The number of sulfonamides is 1. The van der Waals surface area contributed by atoms with Crippen molar-refractivity contribution in [3.8, 4) is 5.75 Å². The van der Waals surface area contributed by atoms with E-state index < -0.39 is 10.0 Å². The smallest absolute Gasteiger partial charge is 0.246 e. The van der Waals surface area contributed by atoms with Crippen LogP contribution >= 0.6 is 22.9 Å². The van der Waals surface area contributed by atoms with Crippen LogP contribution in [0.1, 0.15) is 5.56 Å². The number of halogens is 1. The van der Waals surface area contributed by atoms with Crippen molar-refractivity contribution in [3.05, 3.63) is 47.0 Å². The number of thiazole rings is 1. The molecule has 0 aliphatic carbocycles. The highest BCUT2D eigenvalue weighted by Crippen LogP contribution is 2.33. The minimum absolute atomic E-state index is 0.220. The summed E-state index contributed by atoms with van der Waals surface area (Å²) in [4.78, 5) is 7.00. The Balaban J connectivity index is 1.54. The van der Waals surface area contributed by atoms with Crippen LogP contribution in [0, 0.1) is 6.92 Å². The van der Waals surface area contributed by atoms with Crippen LogP contribution in [0.3, 0.4) is 0 Å². The Kier molecular flexibility index (Phi) is 5.22. The number of nitrogens with zero attached hydrogens (tertiary/aromatic N) is 3. The Morgan fingerprint density at radius 2 is 1.86 bits per heavy atom. The fourth-order valence-electron chi connectivity index (χ4n) is 3.27. The Hall–Kier alpha value is -1.87. The van der Waals surface area contributed by atoms with Crippen molar-refractivity contribution in [2.24, 2.45) is 0 Å². The lowest BCUT2D eigenvalue weighted by Crippen LogP contribution is -2.48. The zero-order chi connectivity index (χ0) is 19.9. The summed E-state index contributed by atoms with van der Waals surface area (Å²) in [5, 5.41) is 1.58. The van der Waals surface area contributed by atoms with Crippen molar-refractivity contribution < 1.29 is 13.2 Å². The molecule has 0 N–H and O–H groups in total. The second-order valence-electron chi connectivity index (χ2n) is 6.65. The first-order valence-corrected chi connectivity index (χ1v) is 11.5. The fourth-order valence-corrected chi connectivity index (χ4v) is 6.22. The summed E-state index contributed by atoms with van der Waals surface area (Å²) < 4.78 is 34.1. The number of hydrogen-bond acceptors (Lipinski definition) is 6. The summed E-state index contributed by atoms with van der Waals surface area (Å²) in [7, 11) is -2.13. The van der Waals surface area contributed by atoms with Crippen LogP contribution in [-0.4, -0.2) is 51.0 Å². The molecule has 0 saturated carbocycles. The van der Waals surface area contributed by atoms with Gasteiger partial charge in [-0.3, -0.25) is 0 Å². The first-order valence-electron chi connectivity index (χ1n) is 8.84. The second-order valence-corrected chi connectivity index (χ2v) is 10.0. The summed E-state index contributed by atoms with van der Waals surface area (Å²) in [5.41, 5.74) is 1.79. The highest BCUT2D eigenvalue weighted by Gasteiger charge is 2.31. The van der Waals surface area contributed by atoms with Crippen molar-refractivity contribution in [2.75, 3.05) is 38.2 Å². The summed E-state index contributed by atoms with van der Waals surface area (Å²) in [5.74, 6) is 0.371. The molecule has 3 aromatic rings. The van der Waals surface area contributed by atoms with Gasteiger partial charge in [0.2, 0.25) is 10.0 Å². The van der Waals surface area contributed by atoms with Gasteiger partial charge < -0.3 is 9.64 Å². The van der Waals surface area contributed by atoms with Gasteiger partial charge in [-0.15, -0.1) is 0 Å². The highest BCUT2D eigenvalue weighted by atomic mass is 35.5. The van der Waals surface area contributed by atoms with Gasteiger partial charge in [0.15, 0.2) is 5.13 Å². The average Bonchev–Trinajstić information content (AvgIpc) is 3.11. The maximum absolute atomic E-state index is 13.1. The van der Waals surface area contributed by atoms with Crippen LogP contribution in [0.25, 0.3) is 10.2 Å². The van der Waals surface area contributed by atoms with Gasteiger partial charge in [0.1, 0.15) is 10.6 Å². The first kappa shape index (κ1) is 19.4. The second kappa shape index (κ2) is 7.51. The molecule has 2 heterocycles. The van der Waals surface area contributed by atoms with Gasteiger partial charge in [-0.2, -0.15) is 4.31 Å². The zero-order valence-corrected chi connectivity index (χ0v) is 17.9. The van der Waals surface area contributed by atoms with Gasteiger partial charge in [0.05, 0.1) is 17.3 Å². The number of rotatable bonds is 4. The van der Waals surface area contributed by atoms with Crippen LogP contribution in [0.5, 0.6) is 5.75 Å². The summed E-state index contributed by atoms with van der Waals surface area (Å²) >= 11 is 7.63. The summed E-state index contributed by atoms with van der Waals surface area (Å²) in [6.45, 7) is 3.84. The third-order valence-corrected chi connectivity index (χ3v) is 8.02. The predicted molar refractivity (Wildman–Crippen MR) is 113 cm³/mol. The number of piperazine rings is 1. The van der Waals surface area contributed by atoms with E-state index in [1.807, 2.05) is 31.2 Å². The molecule has 2 aromatic carbocycles. The number of methoxy groups -OCH3 is 1. The maximum Gasteiger partial charge on any atom is 0.246 e. The van der Waals surface area contributed by atoms with E-state index >= 15 is 0 Å². The lowest BCUT2D eigenvalue weighted by molar-refractivity contribution is 0.374. The molecule has 0 amide bonds. The van der Waals surface area contributed by atoms with E-state index in [1.54, 1.807) is 23.5 Å². The molecule has 28 heavy (non-hydrogen) atoms. The van der Waals surface area contributed by atoms with Crippen LogP contribution < -0.4 is 9.64 Å². The molecular formula is C19H20ClN3O3S2. The van der Waals surface area contributed by atoms with E-state index in [9.17, 15) is 8.42 Å². The monoisotopic (exact) mass is 437 g/mol. The quantitative estimate of drug-likeness (QED) is 0.621. The SMILES string of the molecule is COc1ccc(C)cc1S(=O)(=O)N1CCN(c2nc3ccc(Cl)cc3s2)CC1. The lowest BCUT2D eigenvalue weighted by Gasteiger charge is -2.34. The lowest BCUT2D eigenvalue weighted by atomic mass is 10.2. The molecule has 9 heteroatoms. The molecule has 0 radical (unpaired) electrons. The van der Waals surface area contributed by atoms with Crippen molar-refractivity contribution in [1.82, 2.24) is 9.29 Å². The Labute approximate surface area is 173 Å². The molecular weight excluding hydrogens is 418 g/mol. The molecule has 0 spiro atoms. The van der Waals surface area contributed by atoms with E-state index in [-0.39, 0.29) is 4.90 Å². The molecule has 1 aromatic heterocycles. The number of ether oxygens (including phenoxy) is 1. The molecule has 0 bridgehead atoms. The predicted octanol–water partition coefficient (Wildman–Crippen LogP) is 3.78. The van der Waals surface area contributed by atoms with Crippen molar-refractivity contribution in [3.63, 3.8) is 0 Å². The number of fused-ring (bicyclic) bond motifs is 1. The molecule has 1 aliphatic rings. The van der Waals surface area contributed by atoms with Gasteiger partial charge in [0.25, 0.3) is 0 Å². The molecule has 1 saturated heterocycles. The summed E-state index contributed by atoms with van der Waals surface area (Å²) in [6.07, 6.45) is 0. The Morgan fingerprint density at radius 1 is 1.11 bits per heavy atom. The Morgan fingerprint density at radius 3 is 2.57 bits per heavy atom. The van der Waals surface area contributed by atoms with Gasteiger partial charge in [-0.25, -0.2) is 13.4 Å². The highest BCUT2D eigenvalue weighted by molar-refractivity contribution is 7.89. The van der Waals surface area contributed by atoms with E-state index in [4.69, 9.17) is 16.3 Å². The van der Waals surface area contributed by atoms with Gasteiger partial charge in [-0.1, -0.05) is 29.0 Å². The molecule has 1 aliphatic heterocycles. The van der Waals surface area contributed by atoms with E-state index in [1.165, 1.54) is 11.4 Å². The minimum Gasteiger partial charge on any atom is -0.495 e. The Bertz CT molecular complexity index is 1120. The van der Waals surface area contributed by atoms with Gasteiger partial charge in [-0.05, 0) is 42.8 Å². The summed E-state index contributed by atoms with van der Waals surface area (Å²) in [6, 6.07) is 10.8. The molecule has 6 nitrogen and oxygen atoms in total. The third kappa shape index (κ3) is 3.57. The van der Waals surface area contributed by atoms with Crippen LogP contribution in [-0.2, 0) is 10.0 Å². The number of anilines is 1. The maximum atomic E-state index is 13.1.